The van der Waals surface area contributed by atoms with Crippen molar-refractivity contribution >= 4 is 16.7 Å². The van der Waals surface area contributed by atoms with E-state index in [1.54, 1.807) is 19.9 Å². The summed E-state index contributed by atoms with van der Waals surface area (Å²) in [7, 11) is 0. The Labute approximate surface area is 99.0 Å². The Morgan fingerprint density at radius 3 is 2.82 bits per heavy atom. The molecule has 0 fully saturated rings. The third-order valence-electron chi connectivity index (χ3n) is 2.66. The summed E-state index contributed by atoms with van der Waals surface area (Å²) in [6, 6.07) is 7.27. The molecule has 0 radical (unpaired) electrons. The van der Waals surface area contributed by atoms with Crippen molar-refractivity contribution in [1.29, 1.82) is 0 Å². The van der Waals surface area contributed by atoms with Gasteiger partial charge in [0.15, 0.2) is 6.20 Å². The van der Waals surface area contributed by atoms with E-state index in [4.69, 9.17) is 4.74 Å². The molecule has 0 saturated carbocycles. The van der Waals surface area contributed by atoms with E-state index in [1.165, 1.54) is 6.20 Å². The zero-order valence-electron chi connectivity index (χ0n) is 9.77. The number of fused-ring (bicyclic) bond motifs is 1. The quantitative estimate of drug-likeness (QED) is 0.451. The Bertz CT molecular complexity index is 578. The van der Waals surface area contributed by atoms with Gasteiger partial charge >= 0.3 is 5.97 Å². The summed E-state index contributed by atoms with van der Waals surface area (Å²) >= 11 is 0. The van der Waals surface area contributed by atoms with Crippen molar-refractivity contribution in [2.75, 3.05) is 6.61 Å². The predicted octanol–water partition coefficient (Wildman–Crippen LogP) is 1.96. The van der Waals surface area contributed by atoms with E-state index in [0.29, 0.717) is 22.6 Å². The molecule has 0 N–H and O–H groups in total. The molecule has 0 aliphatic heterocycles. The van der Waals surface area contributed by atoms with Gasteiger partial charge in [-0.3, -0.25) is 0 Å². The second-order valence-corrected chi connectivity index (χ2v) is 3.72. The molecule has 0 unspecified atom stereocenters. The van der Waals surface area contributed by atoms with Crippen LogP contribution in [0.15, 0.2) is 30.5 Å². The van der Waals surface area contributed by atoms with E-state index in [1.807, 2.05) is 18.2 Å². The number of pyridine rings is 1. The van der Waals surface area contributed by atoms with Gasteiger partial charge in [0.1, 0.15) is 5.56 Å². The van der Waals surface area contributed by atoms with Crippen molar-refractivity contribution in [1.82, 2.24) is 0 Å². The van der Waals surface area contributed by atoms with Gasteiger partial charge in [-0.05, 0) is 13.0 Å². The van der Waals surface area contributed by atoms with Gasteiger partial charge in [-0.15, -0.1) is 0 Å². The van der Waals surface area contributed by atoms with Crippen molar-refractivity contribution in [3.63, 3.8) is 0 Å². The lowest BCUT2D eigenvalue weighted by atomic mass is 10.1. The SMILES string of the molecule is CCOC(=O)c1c(C)[n+]([O-])cc2ccccc12. The van der Waals surface area contributed by atoms with Crippen LogP contribution in [0.3, 0.4) is 0 Å². The van der Waals surface area contributed by atoms with Gasteiger partial charge in [-0.25, -0.2) is 4.79 Å². The van der Waals surface area contributed by atoms with E-state index >= 15 is 0 Å². The first-order valence-electron chi connectivity index (χ1n) is 5.43. The highest BCUT2D eigenvalue weighted by atomic mass is 16.5. The standard InChI is InChI=1S/C13H13NO3/c1-3-17-13(15)12-9(2)14(16)8-10-6-4-5-7-11(10)12/h4-8H,3H2,1-2H3. The molecule has 0 aliphatic rings. The number of carbonyl (C=O) groups excluding carboxylic acids is 1. The fraction of sp³-hybridized carbons (Fsp3) is 0.231. The summed E-state index contributed by atoms with van der Waals surface area (Å²) in [4.78, 5) is 11.9. The van der Waals surface area contributed by atoms with Crippen LogP contribution < -0.4 is 4.73 Å². The molecule has 2 rings (SSSR count). The van der Waals surface area contributed by atoms with Crippen molar-refractivity contribution in [2.45, 2.75) is 13.8 Å². The number of hydrogen-bond acceptors (Lipinski definition) is 3. The molecule has 1 heterocycles. The summed E-state index contributed by atoms with van der Waals surface area (Å²) in [5, 5.41) is 13.1. The molecule has 4 heteroatoms. The van der Waals surface area contributed by atoms with E-state index in [0.717, 1.165) is 10.8 Å². The van der Waals surface area contributed by atoms with Crippen molar-refractivity contribution < 1.29 is 14.3 Å². The molecule has 17 heavy (non-hydrogen) atoms. The molecular weight excluding hydrogens is 218 g/mol. The highest BCUT2D eigenvalue weighted by Gasteiger charge is 2.20. The highest BCUT2D eigenvalue weighted by Crippen LogP contribution is 2.20. The number of rotatable bonds is 2. The van der Waals surface area contributed by atoms with Crippen LogP contribution in [0.25, 0.3) is 10.8 Å². The average molecular weight is 231 g/mol. The average Bonchev–Trinajstić information content (AvgIpc) is 2.31. The minimum Gasteiger partial charge on any atom is -0.618 e. The number of aromatic nitrogens is 1. The molecule has 0 aliphatic carbocycles. The minimum absolute atomic E-state index is 0.292. The van der Waals surface area contributed by atoms with E-state index in [9.17, 15) is 10.0 Å². The van der Waals surface area contributed by atoms with Crippen LogP contribution in [0.2, 0.25) is 0 Å². The molecule has 0 spiro atoms. The number of hydrogen-bond donors (Lipinski definition) is 0. The molecule has 4 nitrogen and oxygen atoms in total. The third kappa shape index (κ3) is 1.93. The molecular formula is C13H13NO3. The number of ether oxygens (including phenoxy) is 1. The summed E-state index contributed by atoms with van der Waals surface area (Å²) in [6.45, 7) is 3.65. The second-order valence-electron chi connectivity index (χ2n) is 3.72. The fourth-order valence-electron chi connectivity index (χ4n) is 1.83. The maximum absolute atomic E-state index is 11.9. The number of nitrogens with zero attached hydrogens (tertiary/aromatic N) is 1. The monoisotopic (exact) mass is 231 g/mol. The molecule has 0 atom stereocenters. The van der Waals surface area contributed by atoms with Gasteiger partial charge < -0.3 is 9.94 Å². The lowest BCUT2D eigenvalue weighted by Crippen LogP contribution is -2.32. The van der Waals surface area contributed by atoms with E-state index in [2.05, 4.69) is 0 Å². The topological polar surface area (TPSA) is 53.2 Å². The van der Waals surface area contributed by atoms with Crippen molar-refractivity contribution in [3.8, 4) is 0 Å². The first-order chi connectivity index (χ1) is 8.15. The van der Waals surface area contributed by atoms with Crippen LogP contribution in [0.5, 0.6) is 0 Å². The lowest BCUT2D eigenvalue weighted by molar-refractivity contribution is -0.610. The smallest absolute Gasteiger partial charge is 0.345 e. The third-order valence-corrected chi connectivity index (χ3v) is 2.66. The van der Waals surface area contributed by atoms with Crippen LogP contribution >= 0.6 is 0 Å². The van der Waals surface area contributed by atoms with Crippen LogP contribution in [0.4, 0.5) is 0 Å². The maximum Gasteiger partial charge on any atom is 0.345 e. The van der Waals surface area contributed by atoms with Gasteiger partial charge in [-0.2, -0.15) is 4.73 Å². The zero-order valence-corrected chi connectivity index (χ0v) is 9.77. The molecule has 0 bridgehead atoms. The Morgan fingerprint density at radius 2 is 2.12 bits per heavy atom. The normalized spacial score (nSPS) is 10.5. The summed E-state index contributed by atoms with van der Waals surface area (Å²) in [5.41, 5.74) is 0.710. The molecule has 0 amide bonds. The zero-order chi connectivity index (χ0) is 12.4. The van der Waals surface area contributed by atoms with Crippen molar-refractivity contribution in [3.05, 3.63) is 46.9 Å². The maximum atomic E-state index is 11.9. The van der Waals surface area contributed by atoms with Gasteiger partial charge in [0.2, 0.25) is 5.69 Å². The van der Waals surface area contributed by atoms with Gasteiger partial charge in [0.25, 0.3) is 0 Å². The Hall–Kier alpha value is -2.10. The fourth-order valence-corrected chi connectivity index (χ4v) is 1.83. The Morgan fingerprint density at radius 1 is 1.41 bits per heavy atom. The Kier molecular flexibility index (Phi) is 2.95. The molecule has 88 valence electrons. The summed E-state index contributed by atoms with van der Waals surface area (Å²) < 4.78 is 5.68. The van der Waals surface area contributed by atoms with E-state index < -0.39 is 5.97 Å². The molecule has 0 saturated heterocycles. The first-order valence-corrected chi connectivity index (χ1v) is 5.43. The number of carbonyl (C=O) groups is 1. The number of benzene rings is 1. The summed E-state index contributed by atoms with van der Waals surface area (Å²) in [6.07, 6.45) is 1.47. The lowest BCUT2D eigenvalue weighted by Gasteiger charge is -2.09. The minimum atomic E-state index is -0.452. The first kappa shape index (κ1) is 11.4. The number of esters is 1. The molecule has 1 aromatic carbocycles. The van der Waals surface area contributed by atoms with Gasteiger partial charge in [0.05, 0.1) is 6.61 Å². The van der Waals surface area contributed by atoms with Crippen LogP contribution in [0.1, 0.15) is 23.0 Å². The largest absolute Gasteiger partial charge is 0.618 e. The molecule has 1 aromatic heterocycles. The summed E-state index contributed by atoms with van der Waals surface area (Å²) in [5.74, 6) is -0.452. The van der Waals surface area contributed by atoms with E-state index in [-0.39, 0.29) is 0 Å². The van der Waals surface area contributed by atoms with Gasteiger partial charge in [-0.1, -0.05) is 18.2 Å². The Balaban J connectivity index is 2.74. The highest BCUT2D eigenvalue weighted by molar-refractivity contribution is 6.04. The second kappa shape index (κ2) is 4.41. The molecule has 2 aromatic rings. The van der Waals surface area contributed by atoms with Crippen molar-refractivity contribution in [2.24, 2.45) is 0 Å². The van der Waals surface area contributed by atoms with Gasteiger partial charge in [0, 0.05) is 17.7 Å². The van der Waals surface area contributed by atoms with Crippen LogP contribution in [-0.2, 0) is 4.74 Å². The van der Waals surface area contributed by atoms with Crippen LogP contribution in [-0.4, -0.2) is 12.6 Å². The van der Waals surface area contributed by atoms with Crippen LogP contribution in [0, 0.1) is 12.1 Å². The predicted molar refractivity (Wildman–Crippen MR) is 63.6 cm³/mol.